The summed E-state index contributed by atoms with van der Waals surface area (Å²) in [4.78, 5) is 1.40. The van der Waals surface area contributed by atoms with Crippen LogP contribution in [-0.4, -0.2) is 20.2 Å². The molecule has 0 aliphatic heterocycles. The third-order valence-corrected chi connectivity index (χ3v) is 2.41. The Labute approximate surface area is 99.4 Å². The fraction of sp³-hybridized carbons (Fsp3) is 0.364. The lowest BCUT2D eigenvalue weighted by Crippen LogP contribution is -2.05. The van der Waals surface area contributed by atoms with E-state index in [1.54, 1.807) is 7.05 Å². The number of nitrogens with two attached hydrogens (primary N) is 1. The Bertz CT molecular complexity index is 508. The van der Waals surface area contributed by atoms with Gasteiger partial charge in [-0.1, -0.05) is 18.2 Å². The molecule has 0 aliphatic carbocycles. The number of ether oxygens (including phenoxy) is 1. The summed E-state index contributed by atoms with van der Waals surface area (Å²) in [6, 6.07) is 5.90. The van der Waals surface area contributed by atoms with E-state index in [-0.39, 0.29) is 0 Å². The highest BCUT2D eigenvalue weighted by Gasteiger charge is 2.07. The van der Waals surface area contributed by atoms with Crippen molar-refractivity contribution in [3.05, 3.63) is 35.2 Å². The topological polar surface area (TPSA) is 78.9 Å². The van der Waals surface area contributed by atoms with Gasteiger partial charge in [-0.3, -0.25) is 0 Å². The molecule has 1 heterocycles. The first-order valence-corrected chi connectivity index (χ1v) is 5.35. The second kappa shape index (κ2) is 4.92. The predicted octanol–water partition coefficient (Wildman–Crippen LogP) is 0.556. The molecule has 0 fully saturated rings. The summed E-state index contributed by atoms with van der Waals surface area (Å²) < 4.78 is 5.70. The van der Waals surface area contributed by atoms with Crippen LogP contribution in [0.4, 0.5) is 0 Å². The Morgan fingerprint density at radius 2 is 2.24 bits per heavy atom. The van der Waals surface area contributed by atoms with Crippen molar-refractivity contribution in [1.29, 1.82) is 0 Å². The molecule has 1 aromatic carbocycles. The fourth-order valence-corrected chi connectivity index (χ4v) is 1.60. The molecule has 0 unspecified atom stereocenters. The van der Waals surface area contributed by atoms with E-state index in [1.165, 1.54) is 4.80 Å². The zero-order valence-corrected chi connectivity index (χ0v) is 9.92. The van der Waals surface area contributed by atoms with Gasteiger partial charge in [0.1, 0.15) is 5.75 Å². The van der Waals surface area contributed by atoms with Crippen LogP contribution in [0.1, 0.15) is 17.0 Å². The number of nitrogens with zero attached hydrogens (tertiary/aromatic N) is 4. The maximum atomic E-state index is 5.70. The molecule has 2 N–H and O–H groups in total. The van der Waals surface area contributed by atoms with Gasteiger partial charge in [-0.25, -0.2) is 0 Å². The van der Waals surface area contributed by atoms with Gasteiger partial charge < -0.3 is 10.5 Å². The van der Waals surface area contributed by atoms with E-state index in [9.17, 15) is 0 Å². The van der Waals surface area contributed by atoms with Gasteiger partial charge in [0.05, 0.1) is 7.05 Å². The fourth-order valence-electron chi connectivity index (χ4n) is 1.60. The minimum absolute atomic E-state index is 0.297. The van der Waals surface area contributed by atoms with Gasteiger partial charge in [0, 0.05) is 12.1 Å². The van der Waals surface area contributed by atoms with Crippen LogP contribution in [-0.2, 0) is 20.2 Å². The summed E-state index contributed by atoms with van der Waals surface area (Å²) in [5.74, 6) is 1.36. The van der Waals surface area contributed by atoms with Crippen molar-refractivity contribution in [1.82, 2.24) is 20.2 Å². The van der Waals surface area contributed by atoms with E-state index in [4.69, 9.17) is 10.5 Å². The lowest BCUT2D eigenvalue weighted by Gasteiger charge is -2.11. The standard InChI is InChI=1S/C11H15N5O/c1-8-4-3-5-9(6-12)11(8)17-7-10-13-15-16(2)14-10/h3-5H,6-7,12H2,1-2H3. The van der Waals surface area contributed by atoms with Crippen molar-refractivity contribution in [2.24, 2.45) is 12.8 Å². The van der Waals surface area contributed by atoms with Crippen LogP contribution in [0.5, 0.6) is 5.75 Å². The quantitative estimate of drug-likeness (QED) is 0.834. The van der Waals surface area contributed by atoms with Gasteiger partial charge in [-0.2, -0.15) is 4.80 Å². The molecule has 0 radical (unpaired) electrons. The van der Waals surface area contributed by atoms with Crippen LogP contribution in [0.25, 0.3) is 0 Å². The Kier molecular flexibility index (Phi) is 3.34. The first-order chi connectivity index (χ1) is 8.20. The number of benzene rings is 1. The van der Waals surface area contributed by atoms with Crippen molar-refractivity contribution in [3.8, 4) is 5.75 Å². The number of rotatable bonds is 4. The van der Waals surface area contributed by atoms with E-state index in [1.807, 2.05) is 25.1 Å². The predicted molar refractivity (Wildman–Crippen MR) is 62.2 cm³/mol. The third-order valence-electron chi connectivity index (χ3n) is 2.41. The Morgan fingerprint density at radius 3 is 2.88 bits per heavy atom. The highest BCUT2D eigenvalue weighted by molar-refractivity contribution is 5.40. The van der Waals surface area contributed by atoms with Crippen LogP contribution in [0.3, 0.4) is 0 Å². The van der Waals surface area contributed by atoms with Crippen molar-refractivity contribution < 1.29 is 4.74 Å². The minimum Gasteiger partial charge on any atom is -0.485 e. The molecule has 0 amide bonds. The summed E-state index contributed by atoms with van der Waals surface area (Å²) in [5.41, 5.74) is 7.70. The van der Waals surface area contributed by atoms with Crippen molar-refractivity contribution in [2.45, 2.75) is 20.1 Å². The van der Waals surface area contributed by atoms with Gasteiger partial charge >= 0.3 is 0 Å². The lowest BCUT2D eigenvalue weighted by atomic mass is 10.1. The van der Waals surface area contributed by atoms with Crippen LogP contribution < -0.4 is 10.5 Å². The summed E-state index contributed by atoms with van der Waals surface area (Å²) in [6.45, 7) is 2.73. The molecule has 0 aliphatic rings. The minimum atomic E-state index is 0.297. The highest BCUT2D eigenvalue weighted by atomic mass is 16.5. The Balaban J connectivity index is 2.13. The average Bonchev–Trinajstić information content (AvgIpc) is 2.73. The van der Waals surface area contributed by atoms with Crippen molar-refractivity contribution in [2.75, 3.05) is 0 Å². The Morgan fingerprint density at radius 1 is 1.41 bits per heavy atom. The second-order valence-corrected chi connectivity index (χ2v) is 3.75. The van der Waals surface area contributed by atoms with Crippen LogP contribution in [0.2, 0.25) is 0 Å². The molecule has 17 heavy (non-hydrogen) atoms. The maximum Gasteiger partial charge on any atom is 0.212 e. The lowest BCUT2D eigenvalue weighted by molar-refractivity contribution is 0.290. The monoisotopic (exact) mass is 233 g/mol. The molecule has 0 atom stereocenters. The average molecular weight is 233 g/mol. The van der Waals surface area contributed by atoms with Crippen LogP contribution >= 0.6 is 0 Å². The summed E-state index contributed by atoms with van der Waals surface area (Å²) in [5, 5.41) is 11.7. The molecule has 0 saturated heterocycles. The van der Waals surface area contributed by atoms with E-state index < -0.39 is 0 Å². The molecular weight excluding hydrogens is 218 g/mol. The summed E-state index contributed by atoms with van der Waals surface area (Å²) in [6.07, 6.45) is 0. The highest BCUT2D eigenvalue weighted by Crippen LogP contribution is 2.23. The van der Waals surface area contributed by atoms with Gasteiger partial charge in [0.2, 0.25) is 5.82 Å². The molecule has 6 heteroatoms. The van der Waals surface area contributed by atoms with Crippen molar-refractivity contribution in [3.63, 3.8) is 0 Å². The summed E-state index contributed by atoms with van der Waals surface area (Å²) >= 11 is 0. The van der Waals surface area contributed by atoms with Gasteiger partial charge in [0.25, 0.3) is 0 Å². The number of aromatic nitrogens is 4. The molecular formula is C11H15N5O. The van der Waals surface area contributed by atoms with E-state index in [2.05, 4.69) is 15.4 Å². The van der Waals surface area contributed by atoms with Crippen molar-refractivity contribution >= 4 is 0 Å². The zero-order chi connectivity index (χ0) is 12.3. The Hall–Kier alpha value is -1.95. The largest absolute Gasteiger partial charge is 0.485 e. The van der Waals surface area contributed by atoms with Crippen LogP contribution in [0, 0.1) is 6.92 Å². The molecule has 6 nitrogen and oxygen atoms in total. The molecule has 1 aromatic heterocycles. The molecule has 0 bridgehead atoms. The van der Waals surface area contributed by atoms with Gasteiger partial charge in [0.15, 0.2) is 6.61 Å². The summed E-state index contributed by atoms with van der Waals surface area (Å²) in [7, 11) is 1.72. The van der Waals surface area contributed by atoms with E-state index >= 15 is 0 Å². The normalized spacial score (nSPS) is 10.5. The zero-order valence-electron chi connectivity index (χ0n) is 9.92. The number of hydrogen-bond acceptors (Lipinski definition) is 5. The smallest absolute Gasteiger partial charge is 0.212 e. The SMILES string of the molecule is Cc1cccc(CN)c1OCc1nnn(C)n1. The molecule has 90 valence electrons. The first kappa shape index (κ1) is 11.5. The molecule has 0 spiro atoms. The maximum absolute atomic E-state index is 5.70. The molecule has 0 saturated carbocycles. The van der Waals surface area contributed by atoms with E-state index in [0.717, 1.165) is 16.9 Å². The third kappa shape index (κ3) is 2.59. The first-order valence-electron chi connectivity index (χ1n) is 5.35. The number of tetrazole rings is 1. The number of hydrogen-bond donors (Lipinski definition) is 1. The molecule has 2 rings (SSSR count). The second-order valence-electron chi connectivity index (χ2n) is 3.75. The number of para-hydroxylation sites is 1. The molecule has 2 aromatic rings. The van der Waals surface area contributed by atoms with Gasteiger partial charge in [-0.15, -0.1) is 10.2 Å². The van der Waals surface area contributed by atoms with E-state index in [0.29, 0.717) is 19.0 Å². The number of aryl methyl sites for hydroxylation is 2. The van der Waals surface area contributed by atoms with Gasteiger partial charge in [-0.05, 0) is 17.7 Å². The van der Waals surface area contributed by atoms with Crippen LogP contribution in [0.15, 0.2) is 18.2 Å².